The van der Waals surface area contributed by atoms with Crippen molar-refractivity contribution < 1.29 is 21.9 Å². The van der Waals surface area contributed by atoms with Crippen molar-refractivity contribution >= 4 is 35.3 Å². The first kappa shape index (κ1) is 28.7. The van der Waals surface area contributed by atoms with Crippen molar-refractivity contribution in [2.24, 2.45) is 0 Å². The van der Waals surface area contributed by atoms with Crippen LogP contribution in [0.5, 0.6) is 0 Å². The van der Waals surface area contributed by atoms with E-state index < -0.39 is 35.6 Å². The predicted octanol–water partition coefficient (Wildman–Crippen LogP) is 6.31. The molecule has 1 aliphatic carbocycles. The van der Waals surface area contributed by atoms with E-state index >= 15 is 0 Å². The second-order valence-electron chi connectivity index (χ2n) is 11.0. The zero-order chi connectivity index (χ0) is 27.8. The molecule has 1 atom stereocenters. The fourth-order valence-corrected chi connectivity index (χ4v) is 6.06. The summed E-state index contributed by atoms with van der Waals surface area (Å²) in [6, 6.07) is 5.89. The van der Waals surface area contributed by atoms with Gasteiger partial charge in [0.15, 0.2) is 14.9 Å². The summed E-state index contributed by atoms with van der Waals surface area (Å²) in [7, 11) is -5.02. The first-order chi connectivity index (χ1) is 17.7. The van der Waals surface area contributed by atoms with Crippen LogP contribution in [-0.2, 0) is 21.3 Å². The van der Waals surface area contributed by atoms with Crippen LogP contribution in [0.2, 0.25) is 30.7 Å². The number of hydrogen-bond donors (Lipinski definition) is 1. The fourth-order valence-electron chi connectivity index (χ4n) is 4.21. The van der Waals surface area contributed by atoms with Crippen molar-refractivity contribution in [2.45, 2.75) is 69.2 Å². The topological polar surface area (TPSA) is 86.1 Å². The quantitative estimate of drug-likeness (QED) is 0.210. The van der Waals surface area contributed by atoms with Crippen LogP contribution in [0.1, 0.15) is 47.4 Å². The first-order valence-corrected chi connectivity index (χ1v) is 18.4. The molecule has 0 aliphatic heterocycles. The van der Waals surface area contributed by atoms with Crippen molar-refractivity contribution in [3.8, 4) is 0 Å². The molecule has 0 saturated heterocycles. The third-order valence-electron chi connectivity index (χ3n) is 6.49. The van der Waals surface area contributed by atoms with Gasteiger partial charge in [-0.05, 0) is 55.5 Å². The highest BCUT2D eigenvalue weighted by atomic mass is 35.5. The monoisotopic (exact) mass is 582 g/mol. The summed E-state index contributed by atoms with van der Waals surface area (Å²) in [5, 5.41) is 3.17. The van der Waals surface area contributed by atoms with E-state index in [1.54, 1.807) is 17.6 Å². The molecule has 0 bridgehead atoms. The normalized spacial score (nSPS) is 15.1. The van der Waals surface area contributed by atoms with E-state index in [0.717, 1.165) is 36.9 Å². The van der Waals surface area contributed by atoms with Crippen molar-refractivity contribution in [2.75, 3.05) is 18.2 Å². The molecule has 0 amide bonds. The van der Waals surface area contributed by atoms with Crippen LogP contribution in [0, 0.1) is 18.6 Å². The summed E-state index contributed by atoms with van der Waals surface area (Å²) >= 11 is 6.14. The Bertz CT molecular complexity index is 1440. The van der Waals surface area contributed by atoms with E-state index in [2.05, 4.69) is 34.9 Å². The van der Waals surface area contributed by atoms with Gasteiger partial charge in [0.25, 0.3) is 0 Å². The number of nitrogens with one attached hydrogen (secondary N) is 1. The number of benzene rings is 1. The lowest BCUT2D eigenvalue weighted by Crippen LogP contribution is -2.23. The van der Waals surface area contributed by atoms with Gasteiger partial charge in [0, 0.05) is 26.5 Å². The average Bonchev–Trinajstić information content (AvgIpc) is 3.60. The Balaban J connectivity index is 1.82. The zero-order valence-electron chi connectivity index (χ0n) is 22.2. The number of hydrogen-bond acceptors (Lipinski definition) is 6. The molecule has 2 heterocycles. The van der Waals surface area contributed by atoms with Crippen molar-refractivity contribution in [3.63, 3.8) is 0 Å². The van der Waals surface area contributed by atoms with E-state index in [1.165, 1.54) is 18.2 Å². The lowest BCUT2D eigenvalue weighted by atomic mass is 10.0. The summed E-state index contributed by atoms with van der Waals surface area (Å²) in [6.45, 7) is 9.02. The molecular formula is C26H33ClF2N4O3SSi. The second kappa shape index (κ2) is 11.0. The highest BCUT2D eigenvalue weighted by Crippen LogP contribution is 2.44. The Morgan fingerprint density at radius 1 is 1.24 bits per heavy atom. The maximum absolute atomic E-state index is 14.1. The summed E-state index contributed by atoms with van der Waals surface area (Å²) in [4.78, 5) is 8.85. The lowest BCUT2D eigenvalue weighted by Gasteiger charge is -2.23. The Hall–Kier alpha value is -2.34. The van der Waals surface area contributed by atoms with Crippen LogP contribution in [-0.4, -0.2) is 43.9 Å². The van der Waals surface area contributed by atoms with E-state index in [-0.39, 0.29) is 22.7 Å². The van der Waals surface area contributed by atoms with Gasteiger partial charge in [-0.15, -0.1) is 0 Å². The number of rotatable bonds is 11. The fraction of sp³-hybridized carbons (Fsp3) is 0.462. The van der Waals surface area contributed by atoms with E-state index in [0.29, 0.717) is 29.5 Å². The first-order valence-electron chi connectivity index (χ1n) is 12.5. The number of halogens is 3. The molecule has 2 aromatic heterocycles. The SMILES string of the molecule is Cc1c(S(C)(=O)=O)nc(C(Nc2ncc(F)cc2C2CC2)c2ccc(F)c(Cl)c2)n1COCC[Si](C)(C)C. The number of ether oxygens (including phenoxy) is 1. The Kier molecular flexibility index (Phi) is 8.32. The third kappa shape index (κ3) is 6.80. The van der Waals surface area contributed by atoms with Crippen molar-refractivity contribution in [1.82, 2.24) is 14.5 Å². The van der Waals surface area contributed by atoms with Gasteiger partial charge < -0.3 is 14.6 Å². The van der Waals surface area contributed by atoms with Crippen LogP contribution >= 0.6 is 11.6 Å². The molecule has 1 saturated carbocycles. The highest BCUT2D eigenvalue weighted by Gasteiger charge is 2.32. The molecule has 1 aromatic carbocycles. The standard InChI is InChI=1S/C26H33ClF2N4O3SSi/c1-16-26(37(2,34)35)32-25(33(16)15-36-10-11-38(3,4)5)23(18-8-9-22(29)21(27)12-18)31-24-20(17-6-7-17)13-19(28)14-30-24/h8-9,12-14,17,23H,6-7,10-11,15H2,1-5H3,(H,30,31). The minimum atomic E-state index is -3.67. The van der Waals surface area contributed by atoms with Gasteiger partial charge in [0.2, 0.25) is 0 Å². The molecular weight excluding hydrogens is 550 g/mol. The van der Waals surface area contributed by atoms with Gasteiger partial charge in [0.1, 0.15) is 36.0 Å². The molecule has 1 N–H and O–H groups in total. The smallest absolute Gasteiger partial charge is 0.194 e. The molecule has 1 fully saturated rings. The van der Waals surface area contributed by atoms with E-state index in [1.807, 2.05) is 0 Å². The van der Waals surface area contributed by atoms with Gasteiger partial charge in [-0.3, -0.25) is 0 Å². The van der Waals surface area contributed by atoms with E-state index in [9.17, 15) is 17.2 Å². The average molecular weight is 583 g/mol. The summed E-state index contributed by atoms with van der Waals surface area (Å²) in [5.74, 6) is -0.0557. The van der Waals surface area contributed by atoms with Gasteiger partial charge >= 0.3 is 0 Å². The van der Waals surface area contributed by atoms with Gasteiger partial charge in [-0.1, -0.05) is 37.3 Å². The maximum atomic E-state index is 14.1. The van der Waals surface area contributed by atoms with Crippen LogP contribution in [0.25, 0.3) is 0 Å². The molecule has 206 valence electrons. The molecule has 1 aliphatic rings. The molecule has 0 radical (unpaired) electrons. The minimum Gasteiger partial charge on any atom is -0.361 e. The van der Waals surface area contributed by atoms with E-state index in [4.69, 9.17) is 16.3 Å². The van der Waals surface area contributed by atoms with Crippen LogP contribution < -0.4 is 5.32 Å². The minimum absolute atomic E-state index is 0.0733. The number of pyridine rings is 1. The van der Waals surface area contributed by atoms with Gasteiger partial charge in [-0.2, -0.15) is 0 Å². The molecule has 7 nitrogen and oxygen atoms in total. The summed E-state index contributed by atoms with van der Waals surface area (Å²) in [5.41, 5.74) is 1.69. The highest BCUT2D eigenvalue weighted by molar-refractivity contribution is 7.90. The van der Waals surface area contributed by atoms with Gasteiger partial charge in [-0.25, -0.2) is 27.2 Å². The number of sulfone groups is 1. The zero-order valence-corrected chi connectivity index (χ0v) is 24.8. The molecule has 4 rings (SSSR count). The van der Waals surface area contributed by atoms with Crippen LogP contribution in [0.4, 0.5) is 14.6 Å². The maximum Gasteiger partial charge on any atom is 0.194 e. The Morgan fingerprint density at radius 2 is 1.95 bits per heavy atom. The number of nitrogens with zero attached hydrogens (tertiary/aromatic N) is 3. The summed E-state index contributed by atoms with van der Waals surface area (Å²) in [6.07, 6.45) is 4.07. The van der Waals surface area contributed by atoms with Crippen molar-refractivity contribution in [3.05, 3.63) is 69.8 Å². The Labute approximate surface area is 228 Å². The van der Waals surface area contributed by atoms with Crippen LogP contribution in [0.3, 0.4) is 0 Å². The van der Waals surface area contributed by atoms with Gasteiger partial charge in [0.05, 0.1) is 16.9 Å². The second-order valence-corrected chi connectivity index (χ2v) is 19.0. The number of anilines is 1. The lowest BCUT2D eigenvalue weighted by molar-refractivity contribution is 0.0834. The number of aromatic nitrogens is 3. The summed E-state index contributed by atoms with van der Waals surface area (Å²) < 4.78 is 61.1. The predicted molar refractivity (Wildman–Crippen MR) is 147 cm³/mol. The van der Waals surface area contributed by atoms with Crippen molar-refractivity contribution in [1.29, 1.82) is 0 Å². The number of imidazole rings is 1. The molecule has 3 aromatic rings. The molecule has 0 spiro atoms. The molecule has 1 unspecified atom stereocenters. The largest absolute Gasteiger partial charge is 0.361 e. The van der Waals surface area contributed by atoms with Crippen LogP contribution in [0.15, 0.2) is 35.5 Å². The molecule has 12 heteroatoms. The third-order valence-corrected chi connectivity index (χ3v) is 9.58. The Morgan fingerprint density at radius 3 is 2.55 bits per heavy atom. The molecule has 38 heavy (non-hydrogen) atoms.